The Kier molecular flexibility index (Phi) is 3.44. The van der Waals surface area contributed by atoms with Gasteiger partial charge in [-0.15, -0.1) is 0 Å². The normalized spacial score (nSPS) is 11.5. The Bertz CT molecular complexity index is 333. The molecule has 1 aromatic heterocycles. The van der Waals surface area contributed by atoms with Gasteiger partial charge in [-0.25, -0.2) is 9.37 Å². The number of halogens is 1. The maximum atomic E-state index is 13.1. The van der Waals surface area contributed by atoms with Gasteiger partial charge in [0.1, 0.15) is 0 Å². The van der Waals surface area contributed by atoms with Gasteiger partial charge in [-0.05, 0) is 11.8 Å². The molecule has 15 heavy (non-hydrogen) atoms. The Morgan fingerprint density at radius 3 is 2.73 bits per heavy atom. The Labute approximate surface area is 89.1 Å². The smallest absolute Gasteiger partial charge is 0.222 e. The summed E-state index contributed by atoms with van der Waals surface area (Å²) in [5.41, 5.74) is 5.57. The zero-order valence-electron chi connectivity index (χ0n) is 9.34. The SMILES string of the molecule is CC(C)(C)CCNc1nc(N)ncc1F. The van der Waals surface area contributed by atoms with Crippen LogP contribution in [-0.2, 0) is 0 Å². The molecular formula is C10H17FN4. The number of nitrogens with one attached hydrogen (secondary N) is 1. The zero-order chi connectivity index (χ0) is 11.5. The molecule has 0 aliphatic carbocycles. The highest BCUT2D eigenvalue weighted by Crippen LogP contribution is 2.18. The maximum absolute atomic E-state index is 13.1. The van der Waals surface area contributed by atoms with Crippen LogP contribution in [0.2, 0.25) is 0 Å². The summed E-state index contributed by atoms with van der Waals surface area (Å²) in [5, 5.41) is 2.90. The first-order chi connectivity index (χ1) is 6.88. The second kappa shape index (κ2) is 4.42. The number of hydrogen-bond donors (Lipinski definition) is 2. The van der Waals surface area contributed by atoms with Crippen LogP contribution < -0.4 is 11.1 Å². The summed E-state index contributed by atoms with van der Waals surface area (Å²) < 4.78 is 13.1. The average Bonchev–Trinajstić information content (AvgIpc) is 2.09. The third kappa shape index (κ3) is 4.10. The fourth-order valence-corrected chi connectivity index (χ4v) is 1.06. The second-order valence-corrected chi connectivity index (χ2v) is 4.66. The van der Waals surface area contributed by atoms with Crippen LogP contribution in [-0.4, -0.2) is 16.5 Å². The van der Waals surface area contributed by atoms with E-state index in [0.717, 1.165) is 12.6 Å². The number of nitrogen functional groups attached to an aromatic ring is 1. The number of nitrogens with zero attached hydrogens (tertiary/aromatic N) is 2. The minimum Gasteiger partial charge on any atom is -0.368 e. The van der Waals surface area contributed by atoms with Crippen LogP contribution in [0.25, 0.3) is 0 Å². The van der Waals surface area contributed by atoms with Gasteiger partial charge in [-0.2, -0.15) is 4.98 Å². The van der Waals surface area contributed by atoms with E-state index in [1.165, 1.54) is 0 Å². The summed E-state index contributed by atoms with van der Waals surface area (Å²) in [4.78, 5) is 7.32. The van der Waals surface area contributed by atoms with Gasteiger partial charge in [0.25, 0.3) is 0 Å². The lowest BCUT2D eigenvalue weighted by Gasteiger charge is -2.18. The van der Waals surface area contributed by atoms with Gasteiger partial charge in [-0.1, -0.05) is 20.8 Å². The molecule has 0 unspecified atom stereocenters. The minimum atomic E-state index is -0.474. The van der Waals surface area contributed by atoms with E-state index in [4.69, 9.17) is 5.73 Å². The summed E-state index contributed by atoms with van der Waals surface area (Å²) in [6.45, 7) is 7.04. The highest BCUT2D eigenvalue weighted by molar-refractivity contribution is 5.38. The maximum Gasteiger partial charge on any atom is 0.222 e. The third-order valence-electron chi connectivity index (χ3n) is 1.93. The Morgan fingerprint density at radius 1 is 1.47 bits per heavy atom. The fraction of sp³-hybridized carbons (Fsp3) is 0.600. The van der Waals surface area contributed by atoms with E-state index in [-0.39, 0.29) is 17.2 Å². The van der Waals surface area contributed by atoms with Gasteiger partial charge in [0.05, 0.1) is 6.20 Å². The predicted octanol–water partition coefficient (Wildman–Crippen LogP) is 2.05. The van der Waals surface area contributed by atoms with Gasteiger partial charge in [-0.3, -0.25) is 0 Å². The summed E-state index contributed by atoms with van der Waals surface area (Å²) in [6.07, 6.45) is 2.00. The number of aromatic nitrogens is 2. The van der Waals surface area contributed by atoms with Crippen molar-refractivity contribution in [3.05, 3.63) is 12.0 Å². The summed E-state index contributed by atoms with van der Waals surface area (Å²) >= 11 is 0. The van der Waals surface area contributed by atoms with E-state index in [0.29, 0.717) is 6.54 Å². The van der Waals surface area contributed by atoms with Crippen molar-refractivity contribution in [2.45, 2.75) is 27.2 Å². The molecule has 1 heterocycles. The molecule has 0 radical (unpaired) electrons. The van der Waals surface area contributed by atoms with Crippen LogP contribution >= 0.6 is 0 Å². The first-order valence-electron chi connectivity index (χ1n) is 4.90. The molecule has 0 fully saturated rings. The molecule has 0 aliphatic heterocycles. The van der Waals surface area contributed by atoms with Crippen molar-refractivity contribution in [2.24, 2.45) is 5.41 Å². The standard InChI is InChI=1S/C10H17FN4/c1-10(2,3)4-5-13-8-7(11)6-14-9(12)15-8/h6H,4-5H2,1-3H3,(H3,12,13,14,15). The molecule has 4 nitrogen and oxygen atoms in total. The van der Waals surface area contributed by atoms with Crippen molar-refractivity contribution in [3.63, 3.8) is 0 Å². The van der Waals surface area contributed by atoms with Crippen molar-refractivity contribution in [1.29, 1.82) is 0 Å². The van der Waals surface area contributed by atoms with Crippen LogP contribution in [0, 0.1) is 11.2 Å². The molecule has 0 aromatic carbocycles. The first kappa shape index (κ1) is 11.7. The molecule has 0 aliphatic rings. The van der Waals surface area contributed by atoms with Gasteiger partial charge in [0.2, 0.25) is 5.95 Å². The van der Waals surface area contributed by atoms with Crippen LogP contribution in [0.3, 0.4) is 0 Å². The quantitative estimate of drug-likeness (QED) is 0.804. The molecule has 5 heteroatoms. The average molecular weight is 212 g/mol. The van der Waals surface area contributed by atoms with Gasteiger partial charge >= 0.3 is 0 Å². The molecule has 0 amide bonds. The minimum absolute atomic E-state index is 0.0784. The number of anilines is 2. The first-order valence-corrected chi connectivity index (χ1v) is 4.90. The van der Waals surface area contributed by atoms with E-state index in [9.17, 15) is 4.39 Å². The molecule has 0 atom stereocenters. The van der Waals surface area contributed by atoms with Crippen molar-refractivity contribution < 1.29 is 4.39 Å². The van der Waals surface area contributed by atoms with Gasteiger partial charge in [0, 0.05) is 6.54 Å². The van der Waals surface area contributed by atoms with E-state index >= 15 is 0 Å². The van der Waals surface area contributed by atoms with Crippen molar-refractivity contribution in [1.82, 2.24) is 9.97 Å². The summed E-state index contributed by atoms with van der Waals surface area (Å²) in [6, 6.07) is 0. The molecule has 3 N–H and O–H groups in total. The molecule has 0 saturated heterocycles. The molecule has 84 valence electrons. The summed E-state index contributed by atoms with van der Waals surface area (Å²) in [7, 11) is 0. The van der Waals surface area contributed by atoms with E-state index in [1.54, 1.807) is 0 Å². The topological polar surface area (TPSA) is 63.8 Å². The predicted molar refractivity (Wildman–Crippen MR) is 59.0 cm³/mol. The van der Waals surface area contributed by atoms with Crippen molar-refractivity contribution >= 4 is 11.8 Å². The number of nitrogens with two attached hydrogens (primary N) is 1. The van der Waals surface area contributed by atoms with E-state index in [1.807, 2.05) is 0 Å². The molecule has 0 saturated carbocycles. The second-order valence-electron chi connectivity index (χ2n) is 4.66. The molecular weight excluding hydrogens is 195 g/mol. The highest BCUT2D eigenvalue weighted by Gasteiger charge is 2.10. The Balaban J connectivity index is 2.54. The van der Waals surface area contributed by atoms with Crippen molar-refractivity contribution in [2.75, 3.05) is 17.6 Å². The Hall–Kier alpha value is -1.39. The molecule has 1 rings (SSSR count). The van der Waals surface area contributed by atoms with Crippen LogP contribution in [0.1, 0.15) is 27.2 Å². The molecule has 1 aromatic rings. The number of hydrogen-bond acceptors (Lipinski definition) is 4. The largest absolute Gasteiger partial charge is 0.368 e. The lowest BCUT2D eigenvalue weighted by Crippen LogP contribution is -2.14. The zero-order valence-corrected chi connectivity index (χ0v) is 9.34. The lowest BCUT2D eigenvalue weighted by atomic mass is 9.92. The van der Waals surface area contributed by atoms with E-state index < -0.39 is 5.82 Å². The number of rotatable bonds is 3. The van der Waals surface area contributed by atoms with Crippen LogP contribution in [0.4, 0.5) is 16.2 Å². The third-order valence-corrected chi connectivity index (χ3v) is 1.93. The van der Waals surface area contributed by atoms with Crippen molar-refractivity contribution in [3.8, 4) is 0 Å². The van der Waals surface area contributed by atoms with Gasteiger partial charge < -0.3 is 11.1 Å². The lowest BCUT2D eigenvalue weighted by molar-refractivity contribution is 0.389. The van der Waals surface area contributed by atoms with E-state index in [2.05, 4.69) is 36.1 Å². The molecule has 0 bridgehead atoms. The Morgan fingerprint density at radius 2 is 2.13 bits per heavy atom. The molecule has 0 spiro atoms. The van der Waals surface area contributed by atoms with Crippen LogP contribution in [0.15, 0.2) is 6.20 Å². The highest BCUT2D eigenvalue weighted by atomic mass is 19.1. The van der Waals surface area contributed by atoms with Crippen LogP contribution in [0.5, 0.6) is 0 Å². The summed E-state index contributed by atoms with van der Waals surface area (Å²) in [5.74, 6) is -0.223. The monoisotopic (exact) mass is 212 g/mol. The van der Waals surface area contributed by atoms with Gasteiger partial charge in [0.15, 0.2) is 11.6 Å². The fourth-order valence-electron chi connectivity index (χ4n) is 1.06.